The van der Waals surface area contributed by atoms with Crippen molar-refractivity contribution in [3.05, 3.63) is 17.5 Å². The van der Waals surface area contributed by atoms with Crippen molar-refractivity contribution in [2.45, 2.75) is 31.0 Å². The van der Waals surface area contributed by atoms with Crippen molar-refractivity contribution in [2.75, 3.05) is 26.8 Å². The van der Waals surface area contributed by atoms with E-state index in [4.69, 9.17) is 10.5 Å². The van der Waals surface area contributed by atoms with Crippen LogP contribution < -0.4 is 5.73 Å². The minimum atomic E-state index is -4.47. The maximum absolute atomic E-state index is 12.6. The summed E-state index contributed by atoms with van der Waals surface area (Å²) in [6, 6.07) is 0.254. The second-order valence-corrected chi connectivity index (χ2v) is 5.39. The molecule has 2 heterocycles. The van der Waals surface area contributed by atoms with Crippen LogP contribution in [-0.2, 0) is 15.7 Å². The van der Waals surface area contributed by atoms with Crippen LogP contribution in [0.4, 0.5) is 13.2 Å². The zero-order chi connectivity index (χ0) is 16.3. The van der Waals surface area contributed by atoms with Crippen LogP contribution in [-0.4, -0.2) is 53.9 Å². The predicted molar refractivity (Wildman–Crippen MR) is 79.2 cm³/mol. The SMILES string of the molecule is COCC(N)C(=O)N1CCCC(c2cc(C(F)(F)F)n[nH]2)C1.Cl. The number of aromatic amines is 1. The average Bonchev–Trinajstić information content (AvgIpc) is 2.97. The Kier molecular flexibility index (Phi) is 6.84. The normalized spacial score (nSPS) is 20.0. The number of halogens is 4. The molecular formula is C13H20ClF3N4O2. The van der Waals surface area contributed by atoms with Crippen molar-refractivity contribution in [2.24, 2.45) is 5.73 Å². The Hall–Kier alpha value is -1.32. The summed E-state index contributed by atoms with van der Waals surface area (Å²) in [4.78, 5) is 13.7. The molecule has 1 aliphatic heterocycles. The number of methoxy groups -OCH3 is 1. The number of aromatic nitrogens is 2. The van der Waals surface area contributed by atoms with Crippen LogP contribution in [0.3, 0.4) is 0 Å². The molecule has 23 heavy (non-hydrogen) atoms. The topological polar surface area (TPSA) is 84.2 Å². The molecule has 0 aromatic carbocycles. The van der Waals surface area contributed by atoms with E-state index in [1.807, 2.05) is 0 Å². The van der Waals surface area contributed by atoms with Crippen molar-refractivity contribution in [1.82, 2.24) is 15.1 Å². The first-order chi connectivity index (χ1) is 10.3. The largest absolute Gasteiger partial charge is 0.435 e. The van der Waals surface area contributed by atoms with Crippen molar-refractivity contribution < 1.29 is 22.7 Å². The molecule has 1 fully saturated rings. The lowest BCUT2D eigenvalue weighted by Gasteiger charge is -2.33. The van der Waals surface area contributed by atoms with Crippen LogP contribution in [0.2, 0.25) is 0 Å². The van der Waals surface area contributed by atoms with Crippen molar-refractivity contribution in [1.29, 1.82) is 0 Å². The Balaban J connectivity index is 0.00000264. The fraction of sp³-hybridized carbons (Fsp3) is 0.692. The maximum Gasteiger partial charge on any atom is 0.435 e. The van der Waals surface area contributed by atoms with Crippen LogP contribution in [0.5, 0.6) is 0 Å². The van der Waals surface area contributed by atoms with Gasteiger partial charge in [-0.3, -0.25) is 9.89 Å². The van der Waals surface area contributed by atoms with Crippen molar-refractivity contribution in [3.63, 3.8) is 0 Å². The van der Waals surface area contributed by atoms with Gasteiger partial charge in [0.2, 0.25) is 5.91 Å². The molecular weight excluding hydrogens is 337 g/mol. The quantitative estimate of drug-likeness (QED) is 0.857. The molecule has 2 atom stereocenters. The standard InChI is InChI=1S/C13H19F3N4O2.ClH/c1-22-7-9(17)12(21)20-4-2-3-8(6-20)10-5-11(19-18-10)13(14,15)16;/h5,8-9H,2-4,6-7,17H2,1H3,(H,18,19);1H. The highest BCUT2D eigenvalue weighted by Gasteiger charge is 2.35. The van der Waals surface area contributed by atoms with E-state index >= 15 is 0 Å². The molecule has 0 saturated carbocycles. The first-order valence-corrected chi connectivity index (χ1v) is 6.98. The van der Waals surface area contributed by atoms with Crippen molar-refractivity contribution >= 4 is 18.3 Å². The number of amides is 1. The number of H-pyrrole nitrogens is 1. The Morgan fingerprint density at radius 2 is 2.30 bits per heavy atom. The number of nitrogens with zero attached hydrogens (tertiary/aromatic N) is 2. The van der Waals surface area contributed by atoms with Gasteiger partial charge in [-0.1, -0.05) is 0 Å². The molecule has 1 saturated heterocycles. The summed E-state index contributed by atoms with van der Waals surface area (Å²) in [6.45, 7) is 0.991. The zero-order valence-electron chi connectivity index (χ0n) is 12.6. The lowest BCUT2D eigenvalue weighted by atomic mass is 9.94. The minimum absolute atomic E-state index is 0. The van der Waals surface area contributed by atoms with E-state index in [0.29, 0.717) is 31.6 Å². The molecule has 6 nitrogen and oxygen atoms in total. The Bertz CT molecular complexity index is 524. The summed E-state index contributed by atoms with van der Waals surface area (Å²) < 4.78 is 42.6. The highest BCUT2D eigenvalue weighted by Crippen LogP contribution is 2.32. The summed E-state index contributed by atoms with van der Waals surface area (Å²) in [5.74, 6) is -0.446. The molecule has 1 aliphatic rings. The summed E-state index contributed by atoms with van der Waals surface area (Å²) in [5, 5.41) is 5.73. The zero-order valence-corrected chi connectivity index (χ0v) is 13.4. The lowest BCUT2D eigenvalue weighted by Crippen LogP contribution is -2.49. The molecule has 0 radical (unpaired) electrons. The number of ether oxygens (including phenoxy) is 1. The van der Waals surface area contributed by atoms with Gasteiger partial charge in [0.15, 0.2) is 5.69 Å². The molecule has 0 bridgehead atoms. The Labute approximate surface area is 137 Å². The number of alkyl halides is 3. The number of nitrogens with two attached hydrogens (primary N) is 1. The van der Waals surface area contributed by atoms with Crippen LogP contribution in [0.25, 0.3) is 0 Å². The van der Waals surface area contributed by atoms with Gasteiger partial charge >= 0.3 is 6.18 Å². The van der Waals surface area contributed by atoms with Crippen molar-refractivity contribution in [3.8, 4) is 0 Å². The van der Waals surface area contributed by atoms with Gasteiger partial charge in [-0.15, -0.1) is 12.4 Å². The summed E-state index contributed by atoms with van der Waals surface area (Å²) in [7, 11) is 1.45. The minimum Gasteiger partial charge on any atom is -0.383 e. The third-order valence-corrected chi connectivity index (χ3v) is 3.72. The highest BCUT2D eigenvalue weighted by atomic mass is 35.5. The molecule has 132 valence electrons. The van der Waals surface area contributed by atoms with E-state index in [1.54, 1.807) is 4.90 Å². The second-order valence-electron chi connectivity index (χ2n) is 5.39. The van der Waals surface area contributed by atoms with Crippen LogP contribution >= 0.6 is 12.4 Å². The molecule has 1 aromatic heterocycles. The van der Waals surface area contributed by atoms with E-state index in [2.05, 4.69) is 10.2 Å². The highest BCUT2D eigenvalue weighted by molar-refractivity contribution is 5.85. The summed E-state index contributed by atoms with van der Waals surface area (Å²) in [5.41, 5.74) is 5.17. The molecule has 0 spiro atoms. The van der Waals surface area contributed by atoms with Gasteiger partial charge in [-0.25, -0.2) is 0 Å². The Morgan fingerprint density at radius 3 is 2.87 bits per heavy atom. The van der Waals surface area contributed by atoms with Gasteiger partial charge in [-0.2, -0.15) is 18.3 Å². The first kappa shape index (κ1) is 19.7. The van der Waals surface area contributed by atoms with E-state index in [-0.39, 0.29) is 30.8 Å². The molecule has 3 N–H and O–H groups in total. The summed E-state index contributed by atoms with van der Waals surface area (Å²) in [6.07, 6.45) is -3.07. The van der Waals surface area contributed by atoms with Crippen LogP contribution in [0.1, 0.15) is 30.1 Å². The average molecular weight is 357 g/mol. The van der Waals surface area contributed by atoms with Gasteiger partial charge in [0, 0.05) is 31.8 Å². The third kappa shape index (κ3) is 4.82. The van der Waals surface area contributed by atoms with E-state index in [9.17, 15) is 18.0 Å². The maximum atomic E-state index is 12.6. The first-order valence-electron chi connectivity index (χ1n) is 6.98. The fourth-order valence-corrected chi connectivity index (χ4v) is 2.61. The Morgan fingerprint density at radius 1 is 1.61 bits per heavy atom. The van der Waals surface area contributed by atoms with E-state index < -0.39 is 17.9 Å². The van der Waals surface area contributed by atoms with Gasteiger partial charge < -0.3 is 15.4 Å². The fourth-order valence-electron chi connectivity index (χ4n) is 2.61. The molecule has 2 rings (SSSR count). The van der Waals surface area contributed by atoms with Crippen LogP contribution in [0, 0.1) is 0 Å². The number of hydrogen-bond donors (Lipinski definition) is 2. The van der Waals surface area contributed by atoms with E-state index in [0.717, 1.165) is 6.07 Å². The van der Waals surface area contributed by atoms with Gasteiger partial charge in [0.25, 0.3) is 0 Å². The number of likely N-dealkylation sites (tertiary alicyclic amines) is 1. The number of hydrogen-bond acceptors (Lipinski definition) is 4. The molecule has 2 unspecified atom stereocenters. The molecule has 1 aromatic rings. The van der Waals surface area contributed by atoms with Gasteiger partial charge in [0.05, 0.1) is 6.61 Å². The summed E-state index contributed by atoms with van der Waals surface area (Å²) >= 11 is 0. The monoisotopic (exact) mass is 356 g/mol. The third-order valence-electron chi connectivity index (χ3n) is 3.72. The van der Waals surface area contributed by atoms with Crippen LogP contribution in [0.15, 0.2) is 6.07 Å². The van der Waals surface area contributed by atoms with E-state index in [1.165, 1.54) is 7.11 Å². The predicted octanol–water partition coefficient (Wildman–Crippen LogP) is 1.53. The number of piperidine rings is 1. The van der Waals surface area contributed by atoms with Gasteiger partial charge in [0.1, 0.15) is 6.04 Å². The number of carbonyl (C=O) groups is 1. The second kappa shape index (κ2) is 7.98. The molecule has 0 aliphatic carbocycles. The number of rotatable bonds is 4. The molecule has 10 heteroatoms. The van der Waals surface area contributed by atoms with Gasteiger partial charge in [-0.05, 0) is 18.9 Å². The number of carbonyl (C=O) groups excluding carboxylic acids is 1. The molecule has 1 amide bonds. The number of nitrogens with one attached hydrogen (secondary N) is 1. The lowest BCUT2D eigenvalue weighted by molar-refractivity contribution is -0.141. The smallest absolute Gasteiger partial charge is 0.383 e.